The molecule has 0 radical (unpaired) electrons. The highest BCUT2D eigenvalue weighted by molar-refractivity contribution is 5.63. The first kappa shape index (κ1) is 13.1. The highest BCUT2D eigenvalue weighted by Gasteiger charge is 2.14. The molecule has 1 aromatic heterocycles. The zero-order chi connectivity index (χ0) is 13.9. The van der Waals surface area contributed by atoms with Crippen LogP contribution in [0.1, 0.15) is 6.42 Å². The van der Waals surface area contributed by atoms with Crippen LogP contribution in [0.15, 0.2) is 24.3 Å². The molecule has 0 bridgehead atoms. The van der Waals surface area contributed by atoms with Crippen LogP contribution in [-0.2, 0) is 0 Å². The van der Waals surface area contributed by atoms with E-state index in [-0.39, 0.29) is 0 Å². The fourth-order valence-corrected chi connectivity index (χ4v) is 2.36. The minimum Gasteiger partial charge on any atom is -0.354 e. The lowest BCUT2D eigenvalue weighted by molar-refractivity contribution is 0.509. The van der Waals surface area contributed by atoms with Gasteiger partial charge in [-0.3, -0.25) is 5.10 Å². The van der Waals surface area contributed by atoms with Crippen LogP contribution in [0.4, 0.5) is 14.6 Å². The van der Waals surface area contributed by atoms with Gasteiger partial charge in [-0.1, -0.05) is 0 Å². The van der Waals surface area contributed by atoms with Crippen molar-refractivity contribution in [1.82, 2.24) is 15.5 Å². The topological polar surface area (TPSA) is 44.0 Å². The molecule has 1 aromatic carbocycles. The maximum Gasteiger partial charge on any atom is 0.159 e. The fourth-order valence-electron chi connectivity index (χ4n) is 2.36. The van der Waals surface area contributed by atoms with E-state index >= 15 is 0 Å². The summed E-state index contributed by atoms with van der Waals surface area (Å²) in [5, 5.41) is 10.5. The van der Waals surface area contributed by atoms with Gasteiger partial charge in [-0.05, 0) is 31.2 Å². The summed E-state index contributed by atoms with van der Waals surface area (Å²) in [4.78, 5) is 2.18. The van der Waals surface area contributed by atoms with Crippen LogP contribution in [-0.4, -0.2) is 36.4 Å². The molecule has 0 amide bonds. The third kappa shape index (κ3) is 2.65. The molecule has 0 aliphatic carbocycles. The van der Waals surface area contributed by atoms with Crippen molar-refractivity contribution in [2.75, 3.05) is 31.1 Å². The summed E-state index contributed by atoms with van der Waals surface area (Å²) in [7, 11) is 0. The maximum absolute atomic E-state index is 13.3. The third-order valence-electron chi connectivity index (χ3n) is 3.46. The van der Waals surface area contributed by atoms with E-state index in [9.17, 15) is 8.78 Å². The summed E-state index contributed by atoms with van der Waals surface area (Å²) in [6, 6.07) is 5.72. The molecule has 1 saturated heterocycles. The Morgan fingerprint density at radius 2 is 1.95 bits per heavy atom. The molecule has 6 heteroatoms. The molecule has 20 heavy (non-hydrogen) atoms. The number of halogens is 2. The van der Waals surface area contributed by atoms with E-state index in [0.29, 0.717) is 11.3 Å². The van der Waals surface area contributed by atoms with Crippen LogP contribution in [0.5, 0.6) is 0 Å². The van der Waals surface area contributed by atoms with Crippen molar-refractivity contribution in [3.63, 3.8) is 0 Å². The predicted octanol–water partition coefficient (Wildman–Crippen LogP) is 2.15. The van der Waals surface area contributed by atoms with Crippen LogP contribution < -0.4 is 10.2 Å². The highest BCUT2D eigenvalue weighted by Crippen LogP contribution is 2.23. The number of hydrogen-bond acceptors (Lipinski definition) is 3. The molecule has 2 N–H and O–H groups in total. The molecule has 1 aliphatic heterocycles. The first-order valence-corrected chi connectivity index (χ1v) is 6.70. The van der Waals surface area contributed by atoms with Gasteiger partial charge in [0.1, 0.15) is 0 Å². The van der Waals surface area contributed by atoms with E-state index in [0.717, 1.165) is 44.5 Å². The zero-order valence-corrected chi connectivity index (χ0v) is 11.0. The number of anilines is 1. The van der Waals surface area contributed by atoms with E-state index in [1.165, 1.54) is 6.07 Å². The number of nitrogens with one attached hydrogen (secondary N) is 2. The molecule has 3 rings (SSSR count). The largest absolute Gasteiger partial charge is 0.354 e. The number of hydrogen-bond donors (Lipinski definition) is 2. The van der Waals surface area contributed by atoms with Crippen molar-refractivity contribution in [2.24, 2.45) is 0 Å². The second-order valence-electron chi connectivity index (χ2n) is 4.86. The summed E-state index contributed by atoms with van der Waals surface area (Å²) >= 11 is 0. The Balaban J connectivity index is 1.83. The Labute approximate surface area is 115 Å². The molecule has 0 unspecified atom stereocenters. The molecule has 106 valence electrons. The molecule has 0 spiro atoms. The van der Waals surface area contributed by atoms with Crippen LogP contribution >= 0.6 is 0 Å². The first-order valence-electron chi connectivity index (χ1n) is 6.70. The number of rotatable bonds is 2. The van der Waals surface area contributed by atoms with Crippen molar-refractivity contribution in [1.29, 1.82) is 0 Å². The molecule has 1 fully saturated rings. The SMILES string of the molecule is Fc1ccc(-c2cc(N3CCCNCC3)n[nH]2)cc1F. The Morgan fingerprint density at radius 1 is 1.05 bits per heavy atom. The van der Waals surface area contributed by atoms with Gasteiger partial charge in [-0.25, -0.2) is 8.78 Å². The summed E-state index contributed by atoms with van der Waals surface area (Å²) in [6.07, 6.45) is 1.06. The lowest BCUT2D eigenvalue weighted by Crippen LogP contribution is -2.28. The van der Waals surface area contributed by atoms with E-state index in [1.807, 2.05) is 6.07 Å². The molecule has 2 aromatic rings. The van der Waals surface area contributed by atoms with Gasteiger partial charge in [0.05, 0.1) is 5.69 Å². The monoisotopic (exact) mass is 278 g/mol. The number of benzene rings is 1. The summed E-state index contributed by atoms with van der Waals surface area (Å²) in [6.45, 7) is 3.77. The zero-order valence-electron chi connectivity index (χ0n) is 11.0. The van der Waals surface area contributed by atoms with Crippen molar-refractivity contribution in [3.8, 4) is 11.3 Å². The fraction of sp³-hybridized carbons (Fsp3) is 0.357. The Bertz CT molecular complexity index is 589. The van der Waals surface area contributed by atoms with Crippen LogP contribution in [0, 0.1) is 11.6 Å². The number of H-pyrrole nitrogens is 1. The van der Waals surface area contributed by atoms with Crippen molar-refractivity contribution >= 4 is 5.82 Å². The molecular formula is C14H16F2N4. The number of nitrogens with zero attached hydrogens (tertiary/aromatic N) is 2. The standard InChI is InChI=1S/C14H16F2N4/c15-11-3-2-10(8-12(11)16)13-9-14(19-18-13)20-6-1-4-17-5-7-20/h2-3,8-9,17H,1,4-7H2,(H,18,19). The average Bonchev–Trinajstić information content (AvgIpc) is 2.78. The quantitative estimate of drug-likeness (QED) is 0.884. The van der Waals surface area contributed by atoms with E-state index in [1.54, 1.807) is 6.07 Å². The Hall–Kier alpha value is -1.95. The van der Waals surface area contributed by atoms with Gasteiger partial charge < -0.3 is 10.2 Å². The second-order valence-corrected chi connectivity index (χ2v) is 4.86. The smallest absolute Gasteiger partial charge is 0.159 e. The maximum atomic E-state index is 13.3. The third-order valence-corrected chi connectivity index (χ3v) is 3.46. The minimum atomic E-state index is -0.849. The van der Waals surface area contributed by atoms with Crippen LogP contribution in [0.2, 0.25) is 0 Å². The van der Waals surface area contributed by atoms with Gasteiger partial charge in [0.2, 0.25) is 0 Å². The molecular weight excluding hydrogens is 262 g/mol. The normalized spacial score (nSPS) is 16.2. The molecule has 2 heterocycles. The van der Waals surface area contributed by atoms with Crippen LogP contribution in [0.25, 0.3) is 11.3 Å². The molecule has 1 aliphatic rings. The Kier molecular flexibility index (Phi) is 3.64. The van der Waals surface area contributed by atoms with Crippen LogP contribution in [0.3, 0.4) is 0 Å². The summed E-state index contributed by atoms with van der Waals surface area (Å²) in [5.74, 6) is -0.849. The van der Waals surface area contributed by atoms with Gasteiger partial charge in [0.25, 0.3) is 0 Å². The van der Waals surface area contributed by atoms with Gasteiger partial charge in [-0.15, -0.1) is 0 Å². The average molecular weight is 278 g/mol. The predicted molar refractivity (Wildman–Crippen MR) is 73.6 cm³/mol. The molecule has 0 atom stereocenters. The summed E-state index contributed by atoms with van der Waals surface area (Å²) < 4.78 is 26.2. The molecule has 0 saturated carbocycles. The van der Waals surface area contributed by atoms with E-state index in [4.69, 9.17) is 0 Å². The van der Waals surface area contributed by atoms with Crippen molar-refractivity contribution < 1.29 is 8.78 Å². The van der Waals surface area contributed by atoms with Gasteiger partial charge in [-0.2, -0.15) is 5.10 Å². The van der Waals surface area contributed by atoms with Crippen molar-refractivity contribution in [3.05, 3.63) is 35.9 Å². The van der Waals surface area contributed by atoms with E-state index < -0.39 is 11.6 Å². The second kappa shape index (κ2) is 5.58. The molecule has 4 nitrogen and oxygen atoms in total. The van der Waals surface area contributed by atoms with Gasteiger partial charge in [0.15, 0.2) is 17.5 Å². The first-order chi connectivity index (χ1) is 9.74. The van der Waals surface area contributed by atoms with Gasteiger partial charge >= 0.3 is 0 Å². The van der Waals surface area contributed by atoms with Crippen molar-refractivity contribution in [2.45, 2.75) is 6.42 Å². The number of aromatic amines is 1. The lowest BCUT2D eigenvalue weighted by Gasteiger charge is -2.18. The summed E-state index contributed by atoms with van der Waals surface area (Å²) in [5.41, 5.74) is 1.28. The van der Waals surface area contributed by atoms with E-state index in [2.05, 4.69) is 20.4 Å². The lowest BCUT2D eigenvalue weighted by atomic mass is 10.1. The van der Waals surface area contributed by atoms with Gasteiger partial charge in [0, 0.05) is 31.3 Å². The minimum absolute atomic E-state index is 0.593. The number of aromatic nitrogens is 2. The Morgan fingerprint density at radius 3 is 2.80 bits per heavy atom. The highest BCUT2D eigenvalue weighted by atomic mass is 19.2.